The van der Waals surface area contributed by atoms with Gasteiger partial charge in [-0.05, 0) is 43.5 Å². The minimum Gasteiger partial charge on any atom is -0.349 e. The molecule has 2 aromatic heterocycles. The average Bonchev–Trinajstić information content (AvgIpc) is 2.84. The van der Waals surface area contributed by atoms with Crippen molar-refractivity contribution in [2.24, 2.45) is 7.05 Å². The first kappa shape index (κ1) is 25.0. The Morgan fingerprint density at radius 1 is 1.03 bits per heavy atom. The number of rotatable bonds is 5. The largest absolute Gasteiger partial charge is 0.416 e. The molecule has 0 bridgehead atoms. The molecule has 1 aliphatic heterocycles. The number of alkyl halides is 3. The Bertz CT molecular complexity index is 1320. The zero-order chi connectivity index (χ0) is 25.5. The molecule has 1 aliphatic rings. The van der Waals surface area contributed by atoms with Gasteiger partial charge in [0, 0.05) is 44.3 Å². The highest BCUT2D eigenvalue weighted by Gasteiger charge is 2.37. The van der Waals surface area contributed by atoms with Crippen LogP contribution in [0.4, 0.5) is 19.0 Å². The van der Waals surface area contributed by atoms with Crippen LogP contribution in [0, 0.1) is 0 Å². The summed E-state index contributed by atoms with van der Waals surface area (Å²) in [7, 11) is 1.62. The van der Waals surface area contributed by atoms with E-state index in [4.69, 9.17) is 0 Å². The molecule has 7 nitrogen and oxygen atoms in total. The van der Waals surface area contributed by atoms with E-state index < -0.39 is 17.4 Å². The van der Waals surface area contributed by atoms with E-state index >= 15 is 0 Å². The van der Waals surface area contributed by atoms with Crippen molar-refractivity contribution in [3.63, 3.8) is 0 Å². The van der Waals surface area contributed by atoms with Gasteiger partial charge in [-0.3, -0.25) is 14.3 Å². The van der Waals surface area contributed by atoms with Gasteiger partial charge in [-0.2, -0.15) is 18.2 Å². The van der Waals surface area contributed by atoms with Gasteiger partial charge in [0.1, 0.15) is 5.52 Å². The molecule has 1 aromatic carbocycles. The number of nitrogens with zero attached hydrogens (tertiary/aromatic N) is 4. The Morgan fingerprint density at radius 3 is 2.29 bits per heavy atom. The summed E-state index contributed by atoms with van der Waals surface area (Å²) < 4.78 is 40.5. The molecule has 3 aromatic rings. The number of pyridine rings is 1. The molecule has 3 atom stereocenters. The van der Waals surface area contributed by atoms with Crippen LogP contribution in [0.2, 0.25) is 0 Å². The van der Waals surface area contributed by atoms with E-state index in [0.29, 0.717) is 29.9 Å². The second-order valence-corrected chi connectivity index (χ2v) is 9.13. The van der Waals surface area contributed by atoms with Crippen molar-refractivity contribution in [2.75, 3.05) is 18.0 Å². The van der Waals surface area contributed by atoms with Crippen LogP contribution in [0.15, 0.2) is 46.0 Å². The highest BCUT2D eigenvalue weighted by atomic mass is 19.4. The first-order valence-electron chi connectivity index (χ1n) is 11.8. The SMILES string of the molecule is CCC1CN(C(C)c2ccc(C(F)(F)F)cc2)[C@H](CC)CN1c1nc(=O)n(C)c2ccc(=O)[nH]c12. The Hall–Kier alpha value is -3.14. The van der Waals surface area contributed by atoms with Gasteiger partial charge in [0.25, 0.3) is 0 Å². The van der Waals surface area contributed by atoms with Crippen molar-refractivity contribution >= 4 is 16.9 Å². The smallest absolute Gasteiger partial charge is 0.349 e. The molecule has 188 valence electrons. The average molecular weight is 490 g/mol. The van der Waals surface area contributed by atoms with Crippen molar-refractivity contribution in [1.82, 2.24) is 19.4 Å². The van der Waals surface area contributed by atoms with Crippen LogP contribution >= 0.6 is 0 Å². The van der Waals surface area contributed by atoms with Crippen molar-refractivity contribution in [3.8, 4) is 0 Å². The van der Waals surface area contributed by atoms with Gasteiger partial charge in [0.2, 0.25) is 5.56 Å². The number of aromatic nitrogens is 3. The maximum absolute atomic E-state index is 13.0. The van der Waals surface area contributed by atoms with Gasteiger partial charge in [-0.1, -0.05) is 26.0 Å². The fourth-order valence-electron chi connectivity index (χ4n) is 5.01. The first-order valence-corrected chi connectivity index (χ1v) is 11.8. The van der Waals surface area contributed by atoms with Crippen LogP contribution in [-0.2, 0) is 13.2 Å². The molecule has 0 spiro atoms. The lowest BCUT2D eigenvalue weighted by atomic mass is 9.96. The molecule has 10 heteroatoms. The van der Waals surface area contributed by atoms with Gasteiger partial charge in [-0.15, -0.1) is 0 Å². The zero-order valence-corrected chi connectivity index (χ0v) is 20.3. The number of aromatic amines is 1. The van der Waals surface area contributed by atoms with E-state index in [1.165, 1.54) is 10.6 Å². The Labute approximate surface area is 201 Å². The number of hydrogen-bond donors (Lipinski definition) is 1. The molecule has 0 radical (unpaired) electrons. The molecule has 35 heavy (non-hydrogen) atoms. The molecular formula is C25H30F3N5O2. The molecule has 2 unspecified atom stereocenters. The van der Waals surface area contributed by atoms with Gasteiger partial charge >= 0.3 is 11.9 Å². The third-order valence-electron chi connectivity index (χ3n) is 7.14. The molecule has 1 fully saturated rings. The summed E-state index contributed by atoms with van der Waals surface area (Å²) in [5.74, 6) is 0.466. The Morgan fingerprint density at radius 2 is 1.69 bits per heavy atom. The first-order chi connectivity index (χ1) is 16.5. The third kappa shape index (κ3) is 4.71. The van der Waals surface area contributed by atoms with Crippen molar-refractivity contribution in [2.45, 2.75) is 57.9 Å². The fourth-order valence-corrected chi connectivity index (χ4v) is 5.01. The summed E-state index contributed by atoms with van der Waals surface area (Å²) in [6.45, 7) is 7.35. The zero-order valence-electron chi connectivity index (χ0n) is 20.3. The fraction of sp³-hybridized carbons (Fsp3) is 0.480. The van der Waals surface area contributed by atoms with Crippen molar-refractivity contribution in [1.29, 1.82) is 0 Å². The maximum Gasteiger partial charge on any atom is 0.416 e. The number of anilines is 1. The number of hydrogen-bond acceptors (Lipinski definition) is 5. The summed E-state index contributed by atoms with van der Waals surface area (Å²) in [6, 6.07) is 8.37. The molecule has 3 heterocycles. The minimum atomic E-state index is -4.36. The number of halogens is 3. The lowest BCUT2D eigenvalue weighted by molar-refractivity contribution is -0.137. The molecule has 4 rings (SSSR count). The number of nitrogens with one attached hydrogen (secondary N) is 1. The summed E-state index contributed by atoms with van der Waals surface area (Å²) in [6.07, 6.45) is -2.80. The molecule has 1 N–H and O–H groups in total. The predicted molar refractivity (Wildman–Crippen MR) is 130 cm³/mol. The van der Waals surface area contributed by atoms with Crippen LogP contribution in [0.1, 0.15) is 50.8 Å². The highest BCUT2D eigenvalue weighted by molar-refractivity contribution is 5.85. The lowest BCUT2D eigenvalue weighted by Crippen LogP contribution is -2.59. The van der Waals surface area contributed by atoms with Crippen molar-refractivity contribution in [3.05, 3.63) is 68.4 Å². The van der Waals surface area contributed by atoms with E-state index in [1.807, 2.05) is 6.92 Å². The minimum absolute atomic E-state index is 0.00112. The van der Waals surface area contributed by atoms with Crippen LogP contribution in [-0.4, -0.2) is 44.6 Å². The van der Waals surface area contributed by atoms with Gasteiger partial charge < -0.3 is 9.88 Å². The van der Waals surface area contributed by atoms with E-state index in [0.717, 1.165) is 30.5 Å². The second kappa shape index (κ2) is 9.49. The maximum atomic E-state index is 13.0. The standard InChI is InChI=1S/C25H30F3N5O2/c1-5-18-14-33(23-22-20(11-12-21(34)29-22)31(4)24(35)30-23)19(6-2)13-32(18)15(3)16-7-9-17(10-8-16)25(26,27)28/h7-12,15,18-19H,5-6,13-14H2,1-4H3,(H,29,34)/t15?,18-,19?/m1/s1. The molecule has 0 aliphatic carbocycles. The molecule has 0 amide bonds. The number of aryl methyl sites for hydroxylation is 1. The van der Waals surface area contributed by atoms with E-state index in [2.05, 4.69) is 33.6 Å². The van der Waals surface area contributed by atoms with Gasteiger partial charge in [-0.25, -0.2) is 4.79 Å². The van der Waals surface area contributed by atoms with Gasteiger partial charge in [0.05, 0.1) is 11.1 Å². The van der Waals surface area contributed by atoms with Crippen LogP contribution < -0.4 is 16.1 Å². The Kier molecular flexibility index (Phi) is 6.77. The lowest BCUT2D eigenvalue weighted by Gasteiger charge is -2.49. The number of piperazine rings is 1. The van der Waals surface area contributed by atoms with Gasteiger partial charge in [0.15, 0.2) is 5.82 Å². The van der Waals surface area contributed by atoms with Crippen LogP contribution in [0.5, 0.6) is 0 Å². The summed E-state index contributed by atoms with van der Waals surface area (Å²) >= 11 is 0. The summed E-state index contributed by atoms with van der Waals surface area (Å²) in [5, 5.41) is 0. The van der Waals surface area contributed by atoms with Crippen LogP contribution in [0.25, 0.3) is 11.0 Å². The monoisotopic (exact) mass is 489 g/mol. The van der Waals surface area contributed by atoms with E-state index in [9.17, 15) is 22.8 Å². The van der Waals surface area contributed by atoms with E-state index in [1.54, 1.807) is 25.2 Å². The third-order valence-corrected chi connectivity index (χ3v) is 7.14. The normalized spacial score (nSPS) is 20.4. The van der Waals surface area contributed by atoms with Crippen LogP contribution in [0.3, 0.4) is 0 Å². The van der Waals surface area contributed by atoms with Crippen molar-refractivity contribution < 1.29 is 13.2 Å². The summed E-state index contributed by atoms with van der Waals surface area (Å²) in [4.78, 5) is 36.3. The second-order valence-electron chi connectivity index (χ2n) is 9.13. The number of fused-ring (bicyclic) bond motifs is 1. The molecule has 1 saturated heterocycles. The molecular weight excluding hydrogens is 459 g/mol. The number of H-pyrrole nitrogens is 1. The predicted octanol–water partition coefficient (Wildman–Crippen LogP) is 4.08. The Balaban J connectivity index is 1.69. The quantitative estimate of drug-likeness (QED) is 0.585. The molecule has 0 saturated carbocycles. The number of benzene rings is 1. The summed E-state index contributed by atoms with van der Waals surface area (Å²) in [5.41, 5.74) is 0.618. The highest BCUT2D eigenvalue weighted by Crippen LogP contribution is 2.35. The van der Waals surface area contributed by atoms with E-state index in [-0.39, 0.29) is 23.7 Å². The topological polar surface area (TPSA) is 74.2 Å².